The number of fused-ring (bicyclic) bond motifs is 1. The van der Waals surface area contributed by atoms with Gasteiger partial charge in [0.2, 0.25) is 0 Å². The Morgan fingerprint density at radius 1 is 0.914 bits per heavy atom. The molecule has 6 nitrogen and oxygen atoms in total. The Bertz CT molecular complexity index is 1330. The number of ether oxygens (including phenoxy) is 1. The third kappa shape index (κ3) is 5.17. The smallest absolute Gasteiger partial charge is 0.260 e. The van der Waals surface area contributed by atoms with Gasteiger partial charge in [0.15, 0.2) is 10.9 Å². The average molecular weight is 486 g/mol. The normalized spacial score (nSPS) is 14.2. The van der Waals surface area contributed by atoms with Crippen LogP contribution in [0, 0.1) is 6.92 Å². The molecule has 1 aliphatic heterocycles. The van der Waals surface area contributed by atoms with E-state index in [1.54, 1.807) is 41.3 Å². The van der Waals surface area contributed by atoms with Crippen LogP contribution in [-0.2, 0) is 4.74 Å². The van der Waals surface area contributed by atoms with E-state index in [1.807, 2.05) is 43.3 Å². The first-order valence-electron chi connectivity index (χ1n) is 11.8. The Hall–Kier alpha value is -3.39. The van der Waals surface area contributed by atoms with Crippen LogP contribution in [-0.4, -0.2) is 61.0 Å². The largest absolute Gasteiger partial charge is 0.379 e. The third-order valence-electron chi connectivity index (χ3n) is 6.26. The predicted octanol–water partition coefficient (Wildman–Crippen LogP) is 4.81. The lowest BCUT2D eigenvalue weighted by atomic mass is 10.0. The molecule has 0 spiro atoms. The second kappa shape index (κ2) is 10.5. The summed E-state index contributed by atoms with van der Waals surface area (Å²) >= 11 is 1.53. The van der Waals surface area contributed by atoms with Crippen molar-refractivity contribution in [3.63, 3.8) is 0 Å². The Kier molecular flexibility index (Phi) is 6.99. The molecular formula is C28H27N3O3S. The third-order valence-corrected chi connectivity index (χ3v) is 7.30. The second-order valence-electron chi connectivity index (χ2n) is 8.60. The summed E-state index contributed by atoms with van der Waals surface area (Å²) in [5.41, 5.74) is 3.74. The van der Waals surface area contributed by atoms with E-state index in [2.05, 4.69) is 4.90 Å². The molecule has 0 saturated carbocycles. The van der Waals surface area contributed by atoms with Gasteiger partial charge in [-0.15, -0.1) is 0 Å². The number of morpholine rings is 1. The van der Waals surface area contributed by atoms with Gasteiger partial charge in [0, 0.05) is 42.9 Å². The summed E-state index contributed by atoms with van der Waals surface area (Å²) in [4.78, 5) is 35.4. The van der Waals surface area contributed by atoms with Crippen molar-refractivity contribution >= 4 is 38.4 Å². The van der Waals surface area contributed by atoms with E-state index in [1.165, 1.54) is 11.3 Å². The first-order chi connectivity index (χ1) is 17.1. The highest BCUT2D eigenvalue weighted by atomic mass is 32.1. The maximum absolute atomic E-state index is 13.7. The Morgan fingerprint density at radius 3 is 2.31 bits per heavy atom. The van der Waals surface area contributed by atoms with Gasteiger partial charge < -0.3 is 4.74 Å². The number of thiazole rings is 1. The minimum Gasteiger partial charge on any atom is -0.379 e. The van der Waals surface area contributed by atoms with E-state index in [0.29, 0.717) is 41.6 Å². The summed E-state index contributed by atoms with van der Waals surface area (Å²) in [6.07, 6.45) is 0. The van der Waals surface area contributed by atoms with Crippen molar-refractivity contribution in [1.82, 2.24) is 9.88 Å². The molecule has 0 radical (unpaired) electrons. The van der Waals surface area contributed by atoms with Gasteiger partial charge in [-0.2, -0.15) is 0 Å². The molecule has 178 valence electrons. The summed E-state index contributed by atoms with van der Waals surface area (Å²) < 4.78 is 6.53. The lowest BCUT2D eigenvalue weighted by molar-refractivity contribution is 0.0391. The standard InChI is InChI=1S/C28H27N3O3S/c1-20-6-5-9-24-25(20)29-28(35-24)31(15-14-30-16-18-34-19-17-30)27(33)23-12-10-22(11-13-23)26(32)21-7-3-2-4-8-21/h2-13H,14-19H2,1H3. The molecule has 0 unspecified atom stereocenters. The molecule has 0 aliphatic carbocycles. The number of aryl methyl sites for hydroxylation is 1. The van der Waals surface area contributed by atoms with Crippen molar-refractivity contribution in [2.24, 2.45) is 0 Å². The number of anilines is 1. The molecule has 7 heteroatoms. The lowest BCUT2D eigenvalue weighted by Crippen LogP contribution is -2.43. The van der Waals surface area contributed by atoms with Gasteiger partial charge in [-0.1, -0.05) is 65.9 Å². The topological polar surface area (TPSA) is 62.7 Å². The van der Waals surface area contributed by atoms with Crippen LogP contribution in [0.15, 0.2) is 72.8 Å². The molecule has 5 rings (SSSR count). The zero-order valence-corrected chi connectivity index (χ0v) is 20.5. The molecule has 1 aromatic heterocycles. The lowest BCUT2D eigenvalue weighted by Gasteiger charge is -2.29. The number of amides is 1. The Labute approximate surface area is 208 Å². The van der Waals surface area contributed by atoms with Gasteiger partial charge in [-0.25, -0.2) is 4.98 Å². The summed E-state index contributed by atoms with van der Waals surface area (Å²) in [5.74, 6) is -0.177. The molecule has 1 fully saturated rings. The molecule has 1 amide bonds. The summed E-state index contributed by atoms with van der Waals surface area (Å²) in [7, 11) is 0. The van der Waals surface area contributed by atoms with Crippen molar-refractivity contribution in [1.29, 1.82) is 0 Å². The van der Waals surface area contributed by atoms with E-state index in [0.717, 1.165) is 35.4 Å². The number of hydrogen-bond acceptors (Lipinski definition) is 6. The number of carbonyl (C=O) groups is 2. The van der Waals surface area contributed by atoms with E-state index in [4.69, 9.17) is 9.72 Å². The van der Waals surface area contributed by atoms with Crippen LogP contribution >= 0.6 is 11.3 Å². The highest BCUT2D eigenvalue weighted by Gasteiger charge is 2.23. The summed E-state index contributed by atoms with van der Waals surface area (Å²) in [6, 6.07) is 22.2. The monoisotopic (exact) mass is 485 g/mol. The fourth-order valence-electron chi connectivity index (χ4n) is 4.22. The number of carbonyl (C=O) groups excluding carboxylic acids is 2. The van der Waals surface area contributed by atoms with Crippen LogP contribution in [0.3, 0.4) is 0 Å². The number of aromatic nitrogens is 1. The maximum atomic E-state index is 13.7. The number of para-hydroxylation sites is 1. The van der Waals surface area contributed by atoms with Crippen LogP contribution in [0.5, 0.6) is 0 Å². The van der Waals surface area contributed by atoms with E-state index < -0.39 is 0 Å². The molecule has 1 aliphatic rings. The molecule has 0 atom stereocenters. The number of hydrogen-bond donors (Lipinski definition) is 0. The zero-order valence-electron chi connectivity index (χ0n) is 19.6. The van der Waals surface area contributed by atoms with Crippen molar-refractivity contribution in [2.75, 3.05) is 44.3 Å². The van der Waals surface area contributed by atoms with Crippen LogP contribution in [0.4, 0.5) is 5.13 Å². The first-order valence-corrected chi connectivity index (χ1v) is 12.6. The van der Waals surface area contributed by atoms with Gasteiger partial charge in [-0.3, -0.25) is 19.4 Å². The highest BCUT2D eigenvalue weighted by molar-refractivity contribution is 7.22. The van der Waals surface area contributed by atoms with Crippen molar-refractivity contribution in [3.8, 4) is 0 Å². The van der Waals surface area contributed by atoms with Gasteiger partial charge in [-0.05, 0) is 30.7 Å². The number of rotatable bonds is 7. The molecule has 3 aromatic carbocycles. The molecule has 1 saturated heterocycles. The van der Waals surface area contributed by atoms with E-state index >= 15 is 0 Å². The molecule has 2 heterocycles. The van der Waals surface area contributed by atoms with Gasteiger partial charge in [0.25, 0.3) is 5.91 Å². The Morgan fingerprint density at radius 2 is 1.60 bits per heavy atom. The summed E-state index contributed by atoms with van der Waals surface area (Å²) in [5, 5.41) is 0.692. The van der Waals surface area contributed by atoms with Crippen LogP contribution in [0.25, 0.3) is 10.2 Å². The molecular weight excluding hydrogens is 458 g/mol. The molecule has 4 aromatic rings. The first kappa shape index (κ1) is 23.4. The minimum absolute atomic E-state index is 0.0598. The van der Waals surface area contributed by atoms with Crippen LogP contribution in [0.1, 0.15) is 31.8 Å². The van der Waals surface area contributed by atoms with Gasteiger partial charge in [0.05, 0.1) is 23.4 Å². The second-order valence-corrected chi connectivity index (χ2v) is 9.61. The van der Waals surface area contributed by atoms with Gasteiger partial charge in [0.1, 0.15) is 0 Å². The fourth-order valence-corrected chi connectivity index (χ4v) is 5.28. The average Bonchev–Trinajstić information content (AvgIpc) is 3.35. The van der Waals surface area contributed by atoms with Crippen LogP contribution < -0.4 is 4.90 Å². The molecule has 35 heavy (non-hydrogen) atoms. The van der Waals surface area contributed by atoms with Crippen molar-refractivity contribution < 1.29 is 14.3 Å². The SMILES string of the molecule is Cc1cccc2sc(N(CCN3CCOCC3)C(=O)c3ccc(C(=O)c4ccccc4)cc3)nc12. The quantitative estimate of drug-likeness (QED) is 0.352. The predicted molar refractivity (Wildman–Crippen MR) is 140 cm³/mol. The summed E-state index contributed by atoms with van der Waals surface area (Å²) in [6.45, 7) is 6.45. The van der Waals surface area contributed by atoms with E-state index in [-0.39, 0.29) is 11.7 Å². The van der Waals surface area contributed by atoms with Crippen molar-refractivity contribution in [2.45, 2.75) is 6.92 Å². The van der Waals surface area contributed by atoms with Crippen LogP contribution in [0.2, 0.25) is 0 Å². The van der Waals surface area contributed by atoms with Crippen molar-refractivity contribution in [3.05, 3.63) is 95.1 Å². The van der Waals surface area contributed by atoms with E-state index in [9.17, 15) is 9.59 Å². The van der Waals surface area contributed by atoms with Gasteiger partial charge >= 0.3 is 0 Å². The highest BCUT2D eigenvalue weighted by Crippen LogP contribution is 2.31. The fraction of sp³-hybridized carbons (Fsp3) is 0.250. The number of benzene rings is 3. The zero-order chi connectivity index (χ0) is 24.2. The minimum atomic E-state index is -0.117. The molecule has 0 bridgehead atoms. The Balaban J connectivity index is 1.41. The number of ketones is 1. The number of nitrogens with zero attached hydrogens (tertiary/aromatic N) is 3. The molecule has 0 N–H and O–H groups in total. The maximum Gasteiger partial charge on any atom is 0.260 e.